The maximum Gasteiger partial charge on any atom is 0.305 e. The first kappa shape index (κ1) is 15.0. The van der Waals surface area contributed by atoms with Crippen LogP contribution in [-0.4, -0.2) is 25.2 Å². The maximum absolute atomic E-state index is 12.1. The van der Waals surface area contributed by atoms with E-state index in [1.54, 1.807) is 36.0 Å². The summed E-state index contributed by atoms with van der Waals surface area (Å²) in [5.41, 5.74) is 4.91. The minimum atomic E-state index is -0.534. The average molecular weight is 306 g/mol. The van der Waals surface area contributed by atoms with E-state index in [0.717, 1.165) is 4.90 Å². The second-order valence-corrected chi connectivity index (χ2v) is 4.83. The van der Waals surface area contributed by atoms with Crippen LogP contribution in [0.25, 0.3) is 0 Å². The lowest BCUT2D eigenvalue weighted by Gasteiger charge is -2.10. The number of benzene rings is 1. The van der Waals surface area contributed by atoms with Crippen LogP contribution in [0.3, 0.4) is 0 Å². The lowest BCUT2D eigenvalue weighted by Crippen LogP contribution is -2.41. The summed E-state index contributed by atoms with van der Waals surface area (Å²) in [7, 11) is 1.48. The number of methoxy groups -OCH3 is 1. The lowest BCUT2D eigenvalue weighted by molar-refractivity contribution is 0.0829. The first-order valence-electron chi connectivity index (χ1n) is 6.02. The van der Waals surface area contributed by atoms with Crippen LogP contribution in [0.4, 0.5) is 0 Å². The van der Waals surface area contributed by atoms with Crippen molar-refractivity contribution < 1.29 is 18.7 Å². The molecule has 6 nitrogen and oxygen atoms in total. The molecule has 2 rings (SSSR count). The molecule has 0 radical (unpaired) electrons. The van der Waals surface area contributed by atoms with Crippen LogP contribution in [0.1, 0.15) is 20.9 Å². The van der Waals surface area contributed by atoms with Crippen molar-refractivity contribution in [3.8, 4) is 5.75 Å². The first-order valence-corrected chi connectivity index (χ1v) is 7.24. The van der Waals surface area contributed by atoms with Gasteiger partial charge in [-0.1, -0.05) is 0 Å². The Morgan fingerprint density at radius 3 is 2.57 bits per heavy atom. The number of rotatable bonds is 4. The molecule has 0 atom stereocenters. The number of hydrogen-bond acceptors (Lipinski definition) is 5. The highest BCUT2D eigenvalue weighted by molar-refractivity contribution is 7.98. The smallest absolute Gasteiger partial charge is 0.305 e. The predicted molar refractivity (Wildman–Crippen MR) is 78.4 cm³/mol. The van der Waals surface area contributed by atoms with Crippen molar-refractivity contribution in [2.24, 2.45) is 0 Å². The van der Waals surface area contributed by atoms with Gasteiger partial charge in [-0.25, -0.2) is 0 Å². The van der Waals surface area contributed by atoms with Gasteiger partial charge in [-0.05, 0) is 36.6 Å². The highest BCUT2D eigenvalue weighted by atomic mass is 32.2. The molecule has 7 heteroatoms. The molecule has 0 saturated heterocycles. The molecule has 0 saturated carbocycles. The third-order valence-electron chi connectivity index (χ3n) is 2.69. The Bertz CT molecular complexity index is 640. The molecule has 2 N–H and O–H groups in total. The number of carbonyl (C=O) groups is 2. The molecule has 0 aliphatic carbocycles. The summed E-state index contributed by atoms with van der Waals surface area (Å²) in [4.78, 5) is 24.7. The standard InChI is InChI=1S/C14H14N2O4S/c1-19-12-8-9(21-2)5-6-10(12)13(17)15-16-14(18)11-4-3-7-20-11/h3-8H,1-2H3,(H,15,17)(H,16,18). The zero-order valence-corrected chi connectivity index (χ0v) is 12.3. The Hall–Kier alpha value is -2.41. The lowest BCUT2D eigenvalue weighted by atomic mass is 10.2. The molecule has 2 amide bonds. The van der Waals surface area contributed by atoms with Crippen molar-refractivity contribution in [3.05, 3.63) is 47.9 Å². The van der Waals surface area contributed by atoms with Crippen LogP contribution in [0, 0.1) is 0 Å². The van der Waals surface area contributed by atoms with Gasteiger partial charge < -0.3 is 9.15 Å². The van der Waals surface area contributed by atoms with Crippen molar-refractivity contribution >= 4 is 23.6 Å². The van der Waals surface area contributed by atoms with Crippen molar-refractivity contribution in [2.75, 3.05) is 13.4 Å². The molecule has 0 aliphatic heterocycles. The van der Waals surface area contributed by atoms with Gasteiger partial charge in [0.05, 0.1) is 18.9 Å². The zero-order chi connectivity index (χ0) is 15.2. The Morgan fingerprint density at radius 1 is 1.19 bits per heavy atom. The van der Waals surface area contributed by atoms with E-state index in [4.69, 9.17) is 9.15 Å². The largest absolute Gasteiger partial charge is 0.496 e. The summed E-state index contributed by atoms with van der Waals surface area (Å²) < 4.78 is 10.1. The van der Waals surface area contributed by atoms with Gasteiger partial charge in [-0.15, -0.1) is 11.8 Å². The molecule has 1 aromatic carbocycles. The normalized spacial score (nSPS) is 10.0. The number of furan rings is 1. The third-order valence-corrected chi connectivity index (χ3v) is 3.41. The predicted octanol–water partition coefficient (Wildman–Crippen LogP) is 2.08. The molecule has 1 aromatic heterocycles. The zero-order valence-electron chi connectivity index (χ0n) is 11.5. The number of thioether (sulfide) groups is 1. The van der Waals surface area contributed by atoms with Gasteiger partial charge in [-0.3, -0.25) is 20.4 Å². The van der Waals surface area contributed by atoms with E-state index in [1.165, 1.54) is 19.4 Å². The topological polar surface area (TPSA) is 80.6 Å². The summed E-state index contributed by atoms with van der Waals surface area (Å²) >= 11 is 1.54. The number of carbonyl (C=O) groups excluding carboxylic acids is 2. The Balaban J connectivity index is 2.05. The number of nitrogens with one attached hydrogen (secondary N) is 2. The molecule has 0 bridgehead atoms. The molecule has 2 aromatic rings. The van der Waals surface area contributed by atoms with Crippen LogP contribution in [-0.2, 0) is 0 Å². The highest BCUT2D eigenvalue weighted by Crippen LogP contribution is 2.25. The number of hydrazine groups is 1. The highest BCUT2D eigenvalue weighted by Gasteiger charge is 2.15. The van der Waals surface area contributed by atoms with Crippen molar-refractivity contribution in [1.82, 2.24) is 10.9 Å². The summed E-state index contributed by atoms with van der Waals surface area (Å²) in [5.74, 6) is -0.459. The van der Waals surface area contributed by atoms with Crippen molar-refractivity contribution in [2.45, 2.75) is 4.90 Å². The van der Waals surface area contributed by atoms with Gasteiger partial charge >= 0.3 is 5.91 Å². The second kappa shape index (κ2) is 6.85. The van der Waals surface area contributed by atoms with E-state index in [-0.39, 0.29) is 5.76 Å². The van der Waals surface area contributed by atoms with E-state index in [2.05, 4.69) is 10.9 Å². The summed E-state index contributed by atoms with van der Waals surface area (Å²) in [6.45, 7) is 0. The quantitative estimate of drug-likeness (QED) is 0.668. The molecule has 21 heavy (non-hydrogen) atoms. The molecular formula is C14H14N2O4S. The fourth-order valence-corrected chi connectivity index (χ4v) is 2.07. The Kier molecular flexibility index (Phi) is 4.89. The number of amides is 2. The molecule has 1 heterocycles. The van der Waals surface area contributed by atoms with Crippen LogP contribution in [0.5, 0.6) is 5.75 Å². The molecule has 0 unspecified atom stereocenters. The molecule has 0 aliphatic rings. The van der Waals surface area contributed by atoms with Gasteiger partial charge in [0.2, 0.25) is 0 Å². The SMILES string of the molecule is COc1cc(SC)ccc1C(=O)NNC(=O)c1ccco1. The van der Waals surface area contributed by atoms with Crippen molar-refractivity contribution in [3.63, 3.8) is 0 Å². The van der Waals surface area contributed by atoms with Crippen LogP contribution < -0.4 is 15.6 Å². The Labute approximate surface area is 125 Å². The van der Waals surface area contributed by atoms with Gasteiger partial charge in [0, 0.05) is 4.90 Å². The molecular weight excluding hydrogens is 292 g/mol. The van der Waals surface area contributed by atoms with Crippen LogP contribution in [0.15, 0.2) is 45.9 Å². The molecule has 110 valence electrons. The van der Waals surface area contributed by atoms with E-state index >= 15 is 0 Å². The first-order chi connectivity index (χ1) is 10.2. The maximum atomic E-state index is 12.1. The minimum Gasteiger partial charge on any atom is -0.496 e. The fourth-order valence-electron chi connectivity index (χ4n) is 1.64. The minimum absolute atomic E-state index is 0.111. The number of ether oxygens (including phenoxy) is 1. The molecule has 0 spiro atoms. The summed E-state index contributed by atoms with van der Waals surface area (Å²) in [5, 5.41) is 0. The molecule has 0 fully saturated rings. The second-order valence-electron chi connectivity index (χ2n) is 3.95. The van der Waals surface area contributed by atoms with Gasteiger partial charge in [0.25, 0.3) is 5.91 Å². The summed E-state index contributed by atoms with van der Waals surface area (Å²) in [6.07, 6.45) is 3.30. The van der Waals surface area contributed by atoms with E-state index < -0.39 is 11.8 Å². The van der Waals surface area contributed by atoms with E-state index in [9.17, 15) is 9.59 Å². The van der Waals surface area contributed by atoms with Gasteiger partial charge in [-0.2, -0.15) is 0 Å². The third kappa shape index (κ3) is 3.57. The van der Waals surface area contributed by atoms with Crippen molar-refractivity contribution in [1.29, 1.82) is 0 Å². The van der Waals surface area contributed by atoms with Gasteiger partial charge in [0.1, 0.15) is 5.75 Å². The summed E-state index contributed by atoms with van der Waals surface area (Å²) in [6, 6.07) is 8.28. The monoisotopic (exact) mass is 306 g/mol. The van der Waals surface area contributed by atoms with Crippen LogP contribution in [0.2, 0.25) is 0 Å². The van der Waals surface area contributed by atoms with E-state index in [0.29, 0.717) is 11.3 Å². The fraction of sp³-hybridized carbons (Fsp3) is 0.143. The average Bonchev–Trinajstić information content (AvgIpc) is 3.06. The Morgan fingerprint density at radius 2 is 1.95 bits per heavy atom. The van der Waals surface area contributed by atoms with Crippen LogP contribution >= 0.6 is 11.8 Å². The van der Waals surface area contributed by atoms with E-state index in [1.807, 2.05) is 6.26 Å². The van der Waals surface area contributed by atoms with Gasteiger partial charge in [0.15, 0.2) is 5.76 Å². The number of hydrogen-bond donors (Lipinski definition) is 2.